The van der Waals surface area contributed by atoms with Crippen LogP contribution >= 0.6 is 0 Å². The quantitative estimate of drug-likeness (QED) is 0.692. The van der Waals surface area contributed by atoms with Gasteiger partial charge in [0.1, 0.15) is 0 Å². The van der Waals surface area contributed by atoms with E-state index in [1.54, 1.807) is 6.92 Å². The molecule has 0 N–H and O–H groups in total. The third-order valence-electron chi connectivity index (χ3n) is 1.54. The topological polar surface area (TPSA) is 64.3 Å². The van der Waals surface area contributed by atoms with Crippen molar-refractivity contribution in [2.45, 2.75) is 18.4 Å². The Balaban J connectivity index is 3.07. The number of rotatable bonds is 3. The Morgan fingerprint density at radius 1 is 1.46 bits per heavy atom. The summed E-state index contributed by atoms with van der Waals surface area (Å²) in [6.07, 6.45) is 1.34. The van der Waals surface area contributed by atoms with Gasteiger partial charge < -0.3 is 4.42 Å². The van der Waals surface area contributed by atoms with Crippen LogP contribution in [0.4, 0.5) is 0 Å². The maximum Gasteiger partial charge on any atom is 0.218 e. The van der Waals surface area contributed by atoms with E-state index in [9.17, 15) is 13.2 Å². The molecule has 4 nitrogen and oxygen atoms in total. The first-order valence-corrected chi connectivity index (χ1v) is 5.67. The molecule has 0 amide bonds. The molecule has 1 aromatic heterocycles. The minimum Gasteiger partial charge on any atom is -0.442 e. The van der Waals surface area contributed by atoms with E-state index in [2.05, 4.69) is 0 Å². The maximum absolute atomic E-state index is 11.1. The molecule has 0 fully saturated rings. The van der Waals surface area contributed by atoms with Crippen LogP contribution < -0.4 is 0 Å². The Bertz CT molecular complexity index is 413. The van der Waals surface area contributed by atoms with Crippen molar-refractivity contribution in [2.75, 3.05) is 6.26 Å². The van der Waals surface area contributed by atoms with Gasteiger partial charge >= 0.3 is 0 Å². The number of furan rings is 1. The predicted octanol–water partition coefficient (Wildman–Crippen LogP) is 1.28. The van der Waals surface area contributed by atoms with Crippen LogP contribution in [0.2, 0.25) is 0 Å². The summed E-state index contributed by atoms with van der Waals surface area (Å²) < 4.78 is 26.8. The highest BCUT2D eigenvalue weighted by Gasteiger charge is 2.15. The molecule has 0 aliphatic heterocycles. The van der Waals surface area contributed by atoms with Crippen molar-refractivity contribution in [2.24, 2.45) is 0 Å². The molecule has 72 valence electrons. The average molecular weight is 202 g/mol. The van der Waals surface area contributed by atoms with E-state index in [1.165, 1.54) is 12.1 Å². The molecule has 0 saturated carbocycles. The molecule has 0 aromatic carbocycles. The second kappa shape index (κ2) is 3.33. The molecule has 0 unspecified atom stereocenters. The number of hydrogen-bond donors (Lipinski definition) is 0. The molecule has 0 saturated heterocycles. The van der Waals surface area contributed by atoms with Gasteiger partial charge in [-0.3, -0.25) is 4.79 Å². The Kier molecular flexibility index (Phi) is 2.56. The third kappa shape index (κ3) is 2.18. The summed E-state index contributed by atoms with van der Waals surface area (Å²) in [5.41, 5.74) is 0. The van der Waals surface area contributed by atoms with Gasteiger partial charge in [0.25, 0.3) is 0 Å². The number of sulfone groups is 1. The molecule has 0 aliphatic rings. The molecule has 5 heteroatoms. The maximum atomic E-state index is 11.1. The second-order valence-electron chi connectivity index (χ2n) is 2.67. The lowest BCUT2D eigenvalue weighted by molar-refractivity contribution is 0.0956. The van der Waals surface area contributed by atoms with Gasteiger partial charge in [-0.25, -0.2) is 8.42 Å². The smallest absolute Gasteiger partial charge is 0.218 e. The van der Waals surface area contributed by atoms with Crippen molar-refractivity contribution < 1.29 is 17.6 Å². The van der Waals surface area contributed by atoms with Gasteiger partial charge in [0, 0.05) is 12.7 Å². The number of carbonyl (C=O) groups excluding carboxylic acids is 1. The first-order valence-electron chi connectivity index (χ1n) is 3.78. The molecule has 0 bridgehead atoms. The lowest BCUT2D eigenvalue weighted by atomic mass is 10.2. The Labute approximate surface area is 76.5 Å². The highest BCUT2D eigenvalue weighted by molar-refractivity contribution is 7.90. The van der Waals surface area contributed by atoms with E-state index in [1.807, 2.05) is 0 Å². The van der Waals surface area contributed by atoms with Crippen molar-refractivity contribution in [3.8, 4) is 0 Å². The van der Waals surface area contributed by atoms with Gasteiger partial charge in [-0.05, 0) is 12.1 Å². The Morgan fingerprint density at radius 2 is 2.08 bits per heavy atom. The van der Waals surface area contributed by atoms with Crippen LogP contribution in [0.15, 0.2) is 21.6 Å². The summed E-state index contributed by atoms with van der Waals surface area (Å²) in [5, 5.41) is -0.163. The van der Waals surface area contributed by atoms with Crippen LogP contribution in [0.1, 0.15) is 23.9 Å². The van der Waals surface area contributed by atoms with Crippen molar-refractivity contribution in [3.63, 3.8) is 0 Å². The molecule has 0 radical (unpaired) electrons. The third-order valence-corrected chi connectivity index (χ3v) is 2.49. The van der Waals surface area contributed by atoms with E-state index >= 15 is 0 Å². The number of ketones is 1. The zero-order valence-corrected chi connectivity index (χ0v) is 8.22. The molecule has 0 aliphatic carbocycles. The van der Waals surface area contributed by atoms with Crippen LogP contribution in [0.3, 0.4) is 0 Å². The normalized spacial score (nSPS) is 11.5. The Hall–Kier alpha value is -1.10. The summed E-state index contributed by atoms with van der Waals surface area (Å²) >= 11 is 0. The summed E-state index contributed by atoms with van der Waals surface area (Å²) in [5.74, 6) is -0.0992. The molecule has 1 aromatic rings. The molecule has 13 heavy (non-hydrogen) atoms. The van der Waals surface area contributed by atoms with Gasteiger partial charge in [0.05, 0.1) is 0 Å². The summed E-state index contributed by atoms with van der Waals surface area (Å²) in [6.45, 7) is 1.69. The van der Waals surface area contributed by atoms with Crippen LogP contribution in [-0.4, -0.2) is 20.5 Å². The molecular formula is C8H10O4S. The summed E-state index contributed by atoms with van der Waals surface area (Å²) in [7, 11) is -3.34. The number of Topliss-reactive ketones (excluding diaryl/α,β-unsaturated/α-hetero) is 1. The number of hydrogen-bond acceptors (Lipinski definition) is 4. The van der Waals surface area contributed by atoms with Gasteiger partial charge in [-0.2, -0.15) is 0 Å². The Morgan fingerprint density at radius 3 is 2.46 bits per heavy atom. The van der Waals surface area contributed by atoms with Crippen molar-refractivity contribution in [1.29, 1.82) is 0 Å². The predicted molar refractivity (Wildman–Crippen MR) is 46.4 cm³/mol. The minimum absolute atomic E-state index is 0.0999. The first-order chi connectivity index (χ1) is 5.95. The van der Waals surface area contributed by atoms with Crippen molar-refractivity contribution in [3.05, 3.63) is 17.9 Å². The standard InChI is InChI=1S/C8H10O4S/c1-3-6(9)7-4-5-8(12-7)13(2,10)11/h4-5H,3H2,1-2H3. The van der Waals surface area contributed by atoms with Gasteiger partial charge in [0.2, 0.25) is 14.9 Å². The van der Waals surface area contributed by atoms with E-state index in [-0.39, 0.29) is 16.6 Å². The van der Waals surface area contributed by atoms with Crippen LogP contribution in [0, 0.1) is 0 Å². The van der Waals surface area contributed by atoms with Crippen LogP contribution in [0.25, 0.3) is 0 Å². The molecule has 0 spiro atoms. The lowest BCUT2D eigenvalue weighted by Gasteiger charge is -1.91. The largest absolute Gasteiger partial charge is 0.442 e. The van der Waals surface area contributed by atoms with Gasteiger partial charge in [-0.1, -0.05) is 6.92 Å². The monoisotopic (exact) mass is 202 g/mol. The van der Waals surface area contributed by atoms with E-state index in [4.69, 9.17) is 4.42 Å². The van der Waals surface area contributed by atoms with Crippen LogP contribution in [0.5, 0.6) is 0 Å². The van der Waals surface area contributed by atoms with Crippen molar-refractivity contribution >= 4 is 15.6 Å². The minimum atomic E-state index is -3.34. The van der Waals surface area contributed by atoms with E-state index in [0.717, 1.165) is 6.26 Å². The molecular weight excluding hydrogens is 192 g/mol. The SMILES string of the molecule is CCC(=O)c1ccc(S(C)(=O)=O)o1. The zero-order chi connectivity index (χ0) is 10.1. The highest BCUT2D eigenvalue weighted by atomic mass is 32.2. The average Bonchev–Trinajstić information content (AvgIpc) is 2.50. The lowest BCUT2D eigenvalue weighted by Crippen LogP contribution is -1.96. The fourth-order valence-electron chi connectivity index (χ4n) is 0.844. The number of carbonyl (C=O) groups is 1. The second-order valence-corrected chi connectivity index (χ2v) is 4.61. The fraction of sp³-hybridized carbons (Fsp3) is 0.375. The fourth-order valence-corrected chi connectivity index (χ4v) is 1.40. The zero-order valence-electron chi connectivity index (χ0n) is 7.40. The highest BCUT2D eigenvalue weighted by Crippen LogP contribution is 2.14. The molecule has 0 atom stereocenters. The molecule has 1 heterocycles. The van der Waals surface area contributed by atoms with Gasteiger partial charge in [0.15, 0.2) is 11.5 Å². The van der Waals surface area contributed by atoms with Crippen LogP contribution in [-0.2, 0) is 9.84 Å². The van der Waals surface area contributed by atoms with E-state index in [0.29, 0.717) is 6.42 Å². The summed E-state index contributed by atoms with van der Waals surface area (Å²) in [6, 6.07) is 2.67. The van der Waals surface area contributed by atoms with Gasteiger partial charge in [-0.15, -0.1) is 0 Å². The first kappa shape index (κ1) is 9.98. The van der Waals surface area contributed by atoms with Crippen molar-refractivity contribution in [1.82, 2.24) is 0 Å². The molecule has 1 rings (SSSR count). The summed E-state index contributed by atoms with van der Waals surface area (Å²) in [4.78, 5) is 11.1. The van der Waals surface area contributed by atoms with E-state index < -0.39 is 9.84 Å².